The summed E-state index contributed by atoms with van der Waals surface area (Å²) in [5, 5.41) is 3.02. The number of carbonyl (C=O) groups excluding carboxylic acids is 1. The van der Waals surface area contributed by atoms with Crippen LogP contribution in [0.15, 0.2) is 24.3 Å². The minimum atomic E-state index is -4.65. The number of hydrogen-bond acceptors (Lipinski definition) is 4. The van der Waals surface area contributed by atoms with Gasteiger partial charge in [0.05, 0.1) is 17.8 Å². The van der Waals surface area contributed by atoms with Gasteiger partial charge in [0.25, 0.3) is 0 Å². The van der Waals surface area contributed by atoms with E-state index in [2.05, 4.69) is 10.00 Å². The Morgan fingerprint density at radius 1 is 1.18 bits per heavy atom. The molecule has 0 N–H and O–H groups in total. The van der Waals surface area contributed by atoms with E-state index in [4.69, 9.17) is 16.3 Å². The Kier molecular flexibility index (Phi) is 5.74. The third kappa shape index (κ3) is 4.19. The fourth-order valence-corrected chi connectivity index (χ4v) is 3.34. The number of benzene rings is 1. The number of aromatic nitrogens is 2. The number of amides is 1. The number of hydrogen-bond donors (Lipinski definition) is 0. The average Bonchev–Trinajstić information content (AvgIpc) is 2.97. The molecule has 0 spiro atoms. The summed E-state index contributed by atoms with van der Waals surface area (Å²) in [6.07, 6.45) is -4.65. The molecule has 6 nitrogen and oxygen atoms in total. The normalized spacial score (nSPS) is 15.1. The number of halogens is 4. The molecule has 2 aromatic rings. The van der Waals surface area contributed by atoms with E-state index in [1.54, 1.807) is 12.0 Å². The number of carbonyl (C=O) groups is 1. The summed E-state index contributed by atoms with van der Waals surface area (Å²) in [5.41, 5.74) is -0.0135. The largest absolute Gasteiger partial charge is 0.497 e. The van der Waals surface area contributed by atoms with Gasteiger partial charge >= 0.3 is 6.18 Å². The number of ether oxygens (including phenoxy) is 1. The van der Waals surface area contributed by atoms with Crippen molar-refractivity contribution in [2.75, 3.05) is 38.2 Å². The van der Waals surface area contributed by atoms with Gasteiger partial charge in [-0.2, -0.15) is 18.3 Å². The zero-order valence-electron chi connectivity index (χ0n) is 15.5. The van der Waals surface area contributed by atoms with E-state index in [0.717, 1.165) is 16.1 Å². The molecule has 1 aliphatic rings. The van der Waals surface area contributed by atoms with E-state index in [-0.39, 0.29) is 18.1 Å². The third-order valence-corrected chi connectivity index (χ3v) is 5.21. The van der Waals surface area contributed by atoms with Crippen LogP contribution in [0.3, 0.4) is 0 Å². The lowest BCUT2D eigenvalue weighted by Crippen LogP contribution is -2.49. The molecule has 1 aromatic carbocycles. The van der Waals surface area contributed by atoms with Crippen molar-refractivity contribution in [2.45, 2.75) is 19.6 Å². The molecule has 3 rings (SSSR count). The van der Waals surface area contributed by atoms with Gasteiger partial charge in [-0.25, -0.2) is 0 Å². The SMILES string of the molecule is COc1ccc(N2CCN(C(=O)Cn3nc(C(F)(F)F)c(Cl)c3C)CC2)cc1. The summed E-state index contributed by atoms with van der Waals surface area (Å²) in [5.74, 6) is 0.481. The molecule has 0 unspecified atom stereocenters. The number of alkyl halides is 3. The fraction of sp³-hybridized carbons (Fsp3) is 0.444. The lowest BCUT2D eigenvalue weighted by atomic mass is 10.2. The van der Waals surface area contributed by atoms with E-state index < -0.39 is 16.9 Å². The van der Waals surface area contributed by atoms with Crippen molar-refractivity contribution in [1.82, 2.24) is 14.7 Å². The number of methoxy groups -OCH3 is 1. The van der Waals surface area contributed by atoms with Crippen LogP contribution in [-0.4, -0.2) is 53.9 Å². The maximum Gasteiger partial charge on any atom is 0.436 e. The van der Waals surface area contributed by atoms with Crippen LogP contribution in [0.4, 0.5) is 18.9 Å². The van der Waals surface area contributed by atoms with Gasteiger partial charge in [0, 0.05) is 31.9 Å². The Hall–Kier alpha value is -2.42. The molecular formula is C18H20ClF3N4O2. The van der Waals surface area contributed by atoms with Crippen molar-refractivity contribution < 1.29 is 22.7 Å². The monoisotopic (exact) mass is 416 g/mol. The highest BCUT2D eigenvalue weighted by Gasteiger charge is 2.38. The Bertz CT molecular complexity index is 844. The van der Waals surface area contributed by atoms with Gasteiger partial charge < -0.3 is 14.5 Å². The molecular weight excluding hydrogens is 397 g/mol. The maximum absolute atomic E-state index is 12.9. The van der Waals surface area contributed by atoms with E-state index >= 15 is 0 Å². The molecule has 28 heavy (non-hydrogen) atoms. The molecule has 0 atom stereocenters. The van der Waals surface area contributed by atoms with Crippen molar-refractivity contribution in [3.63, 3.8) is 0 Å². The van der Waals surface area contributed by atoms with Gasteiger partial charge in [0.15, 0.2) is 5.69 Å². The van der Waals surface area contributed by atoms with Crippen LogP contribution in [-0.2, 0) is 17.5 Å². The van der Waals surface area contributed by atoms with Gasteiger partial charge in [-0.3, -0.25) is 9.48 Å². The second-order valence-corrected chi connectivity index (χ2v) is 6.85. The predicted octanol–water partition coefficient (Wildman–Crippen LogP) is 3.22. The first-order chi connectivity index (χ1) is 13.2. The summed E-state index contributed by atoms with van der Waals surface area (Å²) in [7, 11) is 1.60. The van der Waals surface area contributed by atoms with Crippen molar-refractivity contribution in [1.29, 1.82) is 0 Å². The highest BCUT2D eigenvalue weighted by molar-refractivity contribution is 6.32. The summed E-state index contributed by atoms with van der Waals surface area (Å²) in [6, 6.07) is 7.64. The Morgan fingerprint density at radius 3 is 2.29 bits per heavy atom. The quantitative estimate of drug-likeness (QED) is 0.768. The smallest absolute Gasteiger partial charge is 0.436 e. The van der Waals surface area contributed by atoms with Gasteiger partial charge in [-0.05, 0) is 31.2 Å². The first-order valence-electron chi connectivity index (χ1n) is 8.67. The van der Waals surface area contributed by atoms with Crippen LogP contribution in [0.25, 0.3) is 0 Å². The summed E-state index contributed by atoms with van der Waals surface area (Å²) < 4.78 is 44.9. The molecule has 0 radical (unpaired) electrons. The van der Waals surface area contributed by atoms with Gasteiger partial charge in [-0.15, -0.1) is 0 Å². The van der Waals surface area contributed by atoms with Crippen LogP contribution in [0.5, 0.6) is 5.75 Å². The lowest BCUT2D eigenvalue weighted by Gasteiger charge is -2.36. The minimum Gasteiger partial charge on any atom is -0.497 e. The van der Waals surface area contributed by atoms with Crippen molar-refractivity contribution in [3.05, 3.63) is 40.7 Å². The number of rotatable bonds is 4. The van der Waals surface area contributed by atoms with Crippen LogP contribution in [0.2, 0.25) is 5.02 Å². The minimum absolute atomic E-state index is 0.124. The van der Waals surface area contributed by atoms with Crippen molar-refractivity contribution >= 4 is 23.2 Å². The maximum atomic E-state index is 12.9. The molecule has 152 valence electrons. The molecule has 0 saturated carbocycles. The number of piperazine rings is 1. The van der Waals surface area contributed by atoms with E-state index in [1.807, 2.05) is 24.3 Å². The molecule has 2 heterocycles. The average molecular weight is 417 g/mol. The van der Waals surface area contributed by atoms with Crippen LogP contribution in [0.1, 0.15) is 11.4 Å². The first kappa shape index (κ1) is 20.3. The Balaban J connectivity index is 1.61. The van der Waals surface area contributed by atoms with E-state index in [1.165, 1.54) is 6.92 Å². The third-order valence-electron chi connectivity index (χ3n) is 4.76. The topological polar surface area (TPSA) is 50.6 Å². The molecule has 10 heteroatoms. The first-order valence-corrected chi connectivity index (χ1v) is 9.05. The molecule has 1 aromatic heterocycles. The number of anilines is 1. The summed E-state index contributed by atoms with van der Waals surface area (Å²) in [6.45, 7) is 3.36. The highest BCUT2D eigenvalue weighted by atomic mass is 35.5. The van der Waals surface area contributed by atoms with Crippen LogP contribution < -0.4 is 9.64 Å². The fourth-order valence-electron chi connectivity index (χ4n) is 3.09. The van der Waals surface area contributed by atoms with Crippen LogP contribution >= 0.6 is 11.6 Å². The second kappa shape index (κ2) is 7.90. The molecule has 1 fully saturated rings. The Morgan fingerprint density at radius 2 is 1.79 bits per heavy atom. The molecule has 0 bridgehead atoms. The highest BCUT2D eigenvalue weighted by Crippen LogP contribution is 2.35. The van der Waals surface area contributed by atoms with Gasteiger partial charge in [-0.1, -0.05) is 11.6 Å². The van der Waals surface area contributed by atoms with Gasteiger partial charge in [0.1, 0.15) is 12.3 Å². The van der Waals surface area contributed by atoms with Crippen molar-refractivity contribution in [2.24, 2.45) is 0 Å². The standard InChI is InChI=1S/C18H20ClF3N4O2/c1-12-16(19)17(18(20,21)22)23-26(12)11-15(27)25-9-7-24(8-10-25)13-3-5-14(28-2)6-4-13/h3-6H,7-11H2,1-2H3. The summed E-state index contributed by atoms with van der Waals surface area (Å²) >= 11 is 5.73. The Labute approximate surface area is 165 Å². The molecule has 0 aliphatic carbocycles. The van der Waals surface area contributed by atoms with E-state index in [9.17, 15) is 18.0 Å². The molecule has 1 saturated heterocycles. The lowest BCUT2D eigenvalue weighted by molar-refractivity contribution is -0.142. The zero-order valence-corrected chi connectivity index (χ0v) is 16.2. The van der Waals surface area contributed by atoms with Crippen LogP contribution in [0, 0.1) is 6.92 Å². The van der Waals surface area contributed by atoms with E-state index in [0.29, 0.717) is 26.2 Å². The zero-order chi connectivity index (χ0) is 20.5. The second-order valence-electron chi connectivity index (χ2n) is 6.47. The molecule has 1 aliphatic heterocycles. The van der Waals surface area contributed by atoms with Gasteiger partial charge in [0.2, 0.25) is 5.91 Å². The number of nitrogens with zero attached hydrogens (tertiary/aromatic N) is 4. The summed E-state index contributed by atoms with van der Waals surface area (Å²) in [4.78, 5) is 16.3. The predicted molar refractivity (Wildman–Crippen MR) is 98.8 cm³/mol. The molecule has 1 amide bonds. The van der Waals surface area contributed by atoms with Crippen molar-refractivity contribution in [3.8, 4) is 5.75 Å².